The molecule has 20 heavy (non-hydrogen) atoms. The monoisotopic (exact) mass is 324 g/mol. The second-order valence-corrected chi connectivity index (χ2v) is 5.40. The van der Waals surface area contributed by atoms with E-state index in [4.69, 9.17) is 0 Å². The van der Waals surface area contributed by atoms with Crippen molar-refractivity contribution < 1.29 is 0 Å². The van der Waals surface area contributed by atoms with Crippen LogP contribution >= 0.6 is 15.9 Å². The number of fused-ring (bicyclic) bond motifs is 2. The van der Waals surface area contributed by atoms with Crippen molar-refractivity contribution in [3.63, 3.8) is 0 Å². The van der Waals surface area contributed by atoms with Crippen molar-refractivity contribution in [2.75, 3.05) is 0 Å². The molecule has 0 bridgehead atoms. The van der Waals surface area contributed by atoms with E-state index in [-0.39, 0.29) is 0 Å². The first-order chi connectivity index (χ1) is 9.83. The fraction of sp³-hybridized carbons (Fsp3) is 0. The van der Waals surface area contributed by atoms with E-state index < -0.39 is 0 Å². The summed E-state index contributed by atoms with van der Waals surface area (Å²) in [7, 11) is 0. The van der Waals surface area contributed by atoms with Crippen molar-refractivity contribution in [2.45, 2.75) is 0 Å². The van der Waals surface area contributed by atoms with Crippen molar-refractivity contribution in [2.24, 2.45) is 0 Å². The molecule has 0 N–H and O–H groups in total. The van der Waals surface area contributed by atoms with Crippen LogP contribution in [0.4, 0.5) is 0 Å². The molecule has 0 spiro atoms. The number of rotatable bonds is 1. The van der Waals surface area contributed by atoms with Crippen LogP contribution in [0.25, 0.3) is 27.6 Å². The van der Waals surface area contributed by atoms with Crippen LogP contribution in [0.15, 0.2) is 59.2 Å². The van der Waals surface area contributed by atoms with Crippen molar-refractivity contribution >= 4 is 37.9 Å². The number of hydrogen-bond donors (Lipinski definition) is 0. The predicted octanol–water partition coefficient (Wildman–Crippen LogP) is 3.73. The van der Waals surface area contributed by atoms with Crippen LogP contribution in [0, 0.1) is 0 Å². The van der Waals surface area contributed by atoms with E-state index >= 15 is 0 Å². The summed E-state index contributed by atoms with van der Waals surface area (Å²) < 4.78 is 2.87. The number of nitrogens with zero attached hydrogens (tertiary/aromatic N) is 4. The van der Waals surface area contributed by atoms with Crippen molar-refractivity contribution in [3.8, 4) is 5.69 Å². The Hall–Kier alpha value is -2.27. The van der Waals surface area contributed by atoms with Crippen molar-refractivity contribution in [1.29, 1.82) is 0 Å². The molecule has 0 radical (unpaired) electrons. The largest absolute Gasteiger partial charge is 0.256 e. The van der Waals surface area contributed by atoms with E-state index in [1.54, 1.807) is 6.20 Å². The van der Waals surface area contributed by atoms with Gasteiger partial charge in [0, 0.05) is 16.1 Å². The first-order valence-corrected chi connectivity index (χ1v) is 6.97. The van der Waals surface area contributed by atoms with Crippen molar-refractivity contribution in [1.82, 2.24) is 20.0 Å². The quantitative estimate of drug-likeness (QED) is 0.536. The van der Waals surface area contributed by atoms with E-state index in [0.717, 1.165) is 32.1 Å². The highest BCUT2D eigenvalue weighted by Gasteiger charge is 2.09. The number of para-hydroxylation sites is 1. The van der Waals surface area contributed by atoms with Gasteiger partial charge in [0.2, 0.25) is 0 Å². The van der Waals surface area contributed by atoms with Gasteiger partial charge >= 0.3 is 0 Å². The molecule has 0 aliphatic heterocycles. The number of aromatic nitrogens is 4. The molecule has 4 aromatic rings. The summed E-state index contributed by atoms with van der Waals surface area (Å²) in [6.45, 7) is 0. The molecule has 0 aliphatic rings. The normalized spacial score (nSPS) is 11.2. The van der Waals surface area contributed by atoms with Gasteiger partial charge in [-0.25, -0.2) is 4.68 Å². The highest BCUT2D eigenvalue weighted by molar-refractivity contribution is 9.10. The van der Waals surface area contributed by atoms with E-state index in [1.165, 1.54) is 0 Å². The molecule has 2 heterocycles. The summed E-state index contributed by atoms with van der Waals surface area (Å²) in [4.78, 5) is 4.39. The molecule has 96 valence electrons. The summed E-state index contributed by atoms with van der Waals surface area (Å²) >= 11 is 3.51. The van der Waals surface area contributed by atoms with Crippen LogP contribution in [0.1, 0.15) is 0 Å². The minimum Gasteiger partial charge on any atom is -0.256 e. The fourth-order valence-corrected chi connectivity index (χ4v) is 2.70. The van der Waals surface area contributed by atoms with Gasteiger partial charge in [0.25, 0.3) is 0 Å². The average molecular weight is 325 g/mol. The Morgan fingerprint density at radius 1 is 0.950 bits per heavy atom. The zero-order valence-corrected chi connectivity index (χ0v) is 11.9. The van der Waals surface area contributed by atoms with Crippen LogP contribution in [0.5, 0.6) is 0 Å². The van der Waals surface area contributed by atoms with Crippen LogP contribution < -0.4 is 0 Å². The van der Waals surface area contributed by atoms with Gasteiger partial charge in [-0.2, -0.15) is 0 Å². The summed E-state index contributed by atoms with van der Waals surface area (Å²) in [5.74, 6) is 0. The van der Waals surface area contributed by atoms with Gasteiger partial charge in [0.15, 0.2) is 0 Å². The van der Waals surface area contributed by atoms with E-state index in [0.29, 0.717) is 0 Å². The minimum absolute atomic E-state index is 0.882. The lowest BCUT2D eigenvalue weighted by molar-refractivity contribution is 0.828. The zero-order valence-electron chi connectivity index (χ0n) is 10.4. The molecule has 0 fully saturated rings. The zero-order chi connectivity index (χ0) is 13.5. The maximum absolute atomic E-state index is 4.39. The third kappa shape index (κ3) is 1.71. The lowest BCUT2D eigenvalue weighted by Gasteiger charge is -2.06. The van der Waals surface area contributed by atoms with Gasteiger partial charge in [-0.15, -0.1) is 5.10 Å². The second-order valence-electron chi connectivity index (χ2n) is 4.48. The molecule has 2 aromatic heterocycles. The molecular weight excluding hydrogens is 316 g/mol. The molecule has 4 nitrogen and oxygen atoms in total. The summed E-state index contributed by atoms with van der Waals surface area (Å²) in [6, 6.07) is 15.9. The number of pyridine rings is 1. The van der Waals surface area contributed by atoms with Crippen LogP contribution in [0.3, 0.4) is 0 Å². The molecule has 4 rings (SSSR count). The van der Waals surface area contributed by atoms with Gasteiger partial charge in [0.1, 0.15) is 5.52 Å². The topological polar surface area (TPSA) is 43.6 Å². The smallest absolute Gasteiger partial charge is 0.113 e. The summed E-state index contributed by atoms with van der Waals surface area (Å²) in [5.41, 5.74) is 3.78. The van der Waals surface area contributed by atoms with Gasteiger partial charge < -0.3 is 0 Å². The first-order valence-electron chi connectivity index (χ1n) is 6.18. The van der Waals surface area contributed by atoms with E-state index in [1.807, 2.05) is 53.2 Å². The number of benzene rings is 2. The molecular formula is C15H9BrN4. The van der Waals surface area contributed by atoms with Gasteiger partial charge in [-0.1, -0.05) is 33.3 Å². The Morgan fingerprint density at radius 3 is 2.80 bits per heavy atom. The Kier molecular flexibility index (Phi) is 2.53. The van der Waals surface area contributed by atoms with Crippen LogP contribution in [-0.2, 0) is 0 Å². The Labute approximate surface area is 123 Å². The average Bonchev–Trinajstić information content (AvgIpc) is 2.90. The molecule has 0 saturated heterocycles. The number of halogens is 1. The summed E-state index contributed by atoms with van der Waals surface area (Å²) in [6.07, 6.45) is 1.79. The van der Waals surface area contributed by atoms with Crippen LogP contribution in [-0.4, -0.2) is 20.0 Å². The third-order valence-corrected chi connectivity index (χ3v) is 3.75. The second kappa shape index (κ2) is 4.38. The Morgan fingerprint density at radius 2 is 1.85 bits per heavy atom. The Bertz CT molecular complexity index is 929. The van der Waals surface area contributed by atoms with Crippen molar-refractivity contribution in [3.05, 3.63) is 59.2 Å². The summed E-state index contributed by atoms with van der Waals surface area (Å²) in [5, 5.41) is 9.51. The van der Waals surface area contributed by atoms with Gasteiger partial charge in [0.05, 0.1) is 16.7 Å². The fourth-order valence-electron chi connectivity index (χ4n) is 2.34. The Balaban J connectivity index is 2.09. The van der Waals surface area contributed by atoms with Crippen LogP contribution in [0.2, 0.25) is 0 Å². The standard InChI is InChI=1S/C15H9BrN4/c16-10-5-6-12-11(9-10)14(7-8-17-12)20-15-4-2-1-3-13(15)18-19-20/h1-9H. The lowest BCUT2D eigenvalue weighted by atomic mass is 10.2. The van der Waals surface area contributed by atoms with E-state index in [2.05, 4.69) is 31.2 Å². The first kappa shape index (κ1) is 11.5. The highest BCUT2D eigenvalue weighted by Crippen LogP contribution is 2.25. The van der Waals surface area contributed by atoms with E-state index in [9.17, 15) is 0 Å². The lowest BCUT2D eigenvalue weighted by Crippen LogP contribution is -1.98. The number of hydrogen-bond acceptors (Lipinski definition) is 3. The minimum atomic E-state index is 0.882. The molecule has 0 atom stereocenters. The molecule has 0 aliphatic carbocycles. The maximum Gasteiger partial charge on any atom is 0.113 e. The molecule has 2 aromatic carbocycles. The highest BCUT2D eigenvalue weighted by atomic mass is 79.9. The van der Waals surface area contributed by atoms with Gasteiger partial charge in [-0.05, 0) is 36.4 Å². The van der Waals surface area contributed by atoms with Gasteiger partial charge in [-0.3, -0.25) is 4.98 Å². The molecule has 0 saturated carbocycles. The molecule has 0 unspecified atom stereocenters. The maximum atomic E-state index is 4.39. The molecule has 0 amide bonds. The SMILES string of the molecule is Brc1ccc2nccc(-n3nnc4ccccc43)c2c1. The predicted molar refractivity (Wildman–Crippen MR) is 81.9 cm³/mol. The molecule has 5 heteroatoms. The third-order valence-electron chi connectivity index (χ3n) is 3.26.